The molecule has 0 radical (unpaired) electrons. The maximum Gasteiger partial charge on any atom is 0.260 e. The van der Waals surface area contributed by atoms with E-state index in [2.05, 4.69) is 10.3 Å². The lowest BCUT2D eigenvalue weighted by atomic mass is 10.3. The Bertz CT molecular complexity index is 247. The summed E-state index contributed by atoms with van der Waals surface area (Å²) in [6, 6.07) is -0.981. The van der Waals surface area contributed by atoms with Crippen LogP contribution in [0.5, 0.6) is 0 Å². The molecule has 0 saturated heterocycles. The van der Waals surface area contributed by atoms with E-state index in [-0.39, 0.29) is 0 Å². The average Bonchev–Trinajstić information content (AvgIpc) is 2.38. The molecule has 0 amide bonds. The Morgan fingerprint density at radius 2 is 2.25 bits per heavy atom. The van der Waals surface area contributed by atoms with E-state index < -0.39 is 12.5 Å². The number of nitrogens with zero attached hydrogens (tertiary/aromatic N) is 2. The molecule has 0 fully saturated rings. The minimum absolute atomic E-state index is 0.354. The van der Waals surface area contributed by atoms with Gasteiger partial charge in [0.2, 0.25) is 0 Å². The first-order valence-corrected chi connectivity index (χ1v) is 3.59. The molecule has 5 heteroatoms. The summed E-state index contributed by atoms with van der Waals surface area (Å²) < 4.78 is 26.2. The SMILES string of the molecule is CNC(c1nccn1C)C(F)F. The fourth-order valence-corrected chi connectivity index (χ4v) is 1.04. The van der Waals surface area contributed by atoms with Crippen LogP contribution in [0, 0.1) is 0 Å². The molecule has 0 aliphatic rings. The Kier molecular flexibility index (Phi) is 2.75. The van der Waals surface area contributed by atoms with E-state index in [4.69, 9.17) is 0 Å². The van der Waals surface area contributed by atoms with Gasteiger partial charge in [0.15, 0.2) is 0 Å². The van der Waals surface area contributed by atoms with Gasteiger partial charge in [-0.3, -0.25) is 0 Å². The number of aromatic nitrogens is 2. The molecule has 1 rings (SSSR count). The number of hydrogen-bond acceptors (Lipinski definition) is 2. The maximum atomic E-state index is 12.3. The highest BCUT2D eigenvalue weighted by Gasteiger charge is 2.23. The highest BCUT2D eigenvalue weighted by atomic mass is 19.3. The number of rotatable bonds is 3. The lowest BCUT2D eigenvalue weighted by Crippen LogP contribution is -2.26. The highest BCUT2D eigenvalue weighted by Crippen LogP contribution is 2.17. The molecule has 1 N–H and O–H groups in total. The quantitative estimate of drug-likeness (QED) is 0.741. The second-order valence-electron chi connectivity index (χ2n) is 2.50. The predicted octanol–water partition coefficient (Wildman–Crippen LogP) is 0.946. The standard InChI is InChI=1S/C7H11F2N3/c1-10-5(6(8)9)7-11-3-4-12(7)2/h3-6,10H,1-2H3. The molecular weight excluding hydrogens is 164 g/mol. The summed E-state index contributed by atoms with van der Waals surface area (Å²) in [4.78, 5) is 3.83. The molecule has 1 atom stereocenters. The summed E-state index contributed by atoms with van der Waals surface area (Å²) in [7, 11) is 3.18. The molecule has 1 aromatic rings. The summed E-state index contributed by atoms with van der Waals surface area (Å²) >= 11 is 0. The minimum atomic E-state index is -2.43. The van der Waals surface area contributed by atoms with Crippen molar-refractivity contribution in [3.63, 3.8) is 0 Å². The van der Waals surface area contributed by atoms with Crippen molar-refractivity contribution in [1.82, 2.24) is 14.9 Å². The zero-order valence-corrected chi connectivity index (χ0v) is 6.96. The van der Waals surface area contributed by atoms with Gasteiger partial charge in [0.25, 0.3) is 6.43 Å². The van der Waals surface area contributed by atoms with Crippen molar-refractivity contribution in [1.29, 1.82) is 0 Å². The predicted molar refractivity (Wildman–Crippen MR) is 41.0 cm³/mol. The van der Waals surface area contributed by atoms with Crippen molar-refractivity contribution < 1.29 is 8.78 Å². The highest BCUT2D eigenvalue weighted by molar-refractivity contribution is 4.99. The monoisotopic (exact) mass is 175 g/mol. The number of imidazole rings is 1. The van der Waals surface area contributed by atoms with Gasteiger partial charge in [-0.25, -0.2) is 13.8 Å². The van der Waals surface area contributed by atoms with Crippen LogP contribution in [0.2, 0.25) is 0 Å². The van der Waals surface area contributed by atoms with E-state index in [1.165, 1.54) is 13.2 Å². The lowest BCUT2D eigenvalue weighted by molar-refractivity contribution is 0.0971. The fraction of sp³-hybridized carbons (Fsp3) is 0.571. The third-order valence-electron chi connectivity index (χ3n) is 1.70. The first-order chi connectivity index (χ1) is 5.66. The van der Waals surface area contributed by atoms with Gasteiger partial charge in [0, 0.05) is 19.4 Å². The molecule has 1 unspecified atom stereocenters. The Hall–Kier alpha value is -0.970. The van der Waals surface area contributed by atoms with Gasteiger partial charge in [-0.1, -0.05) is 0 Å². The topological polar surface area (TPSA) is 29.9 Å². The van der Waals surface area contributed by atoms with Crippen LogP contribution in [-0.4, -0.2) is 23.0 Å². The van der Waals surface area contributed by atoms with Crippen LogP contribution in [0.15, 0.2) is 12.4 Å². The Morgan fingerprint density at radius 3 is 2.58 bits per heavy atom. The van der Waals surface area contributed by atoms with E-state index in [0.29, 0.717) is 5.82 Å². The number of halogens is 2. The normalized spacial score (nSPS) is 13.8. The fourth-order valence-electron chi connectivity index (χ4n) is 1.04. The molecule has 0 aliphatic heterocycles. The van der Waals surface area contributed by atoms with Crippen LogP contribution < -0.4 is 5.32 Å². The number of hydrogen-bond donors (Lipinski definition) is 1. The molecule has 68 valence electrons. The molecule has 0 saturated carbocycles. The average molecular weight is 175 g/mol. The molecule has 1 aromatic heterocycles. The largest absolute Gasteiger partial charge is 0.337 e. The van der Waals surface area contributed by atoms with Crippen LogP contribution in [0.4, 0.5) is 8.78 Å². The molecule has 0 spiro atoms. The van der Waals surface area contributed by atoms with E-state index in [0.717, 1.165) is 0 Å². The van der Waals surface area contributed by atoms with Gasteiger partial charge in [-0.2, -0.15) is 0 Å². The summed E-state index contributed by atoms with van der Waals surface area (Å²) in [6.07, 6.45) is 0.709. The number of alkyl halides is 2. The van der Waals surface area contributed by atoms with Gasteiger partial charge in [0.05, 0.1) is 0 Å². The lowest BCUT2D eigenvalue weighted by Gasteiger charge is -2.14. The summed E-state index contributed by atoms with van der Waals surface area (Å²) in [5.74, 6) is 0.354. The molecule has 0 bridgehead atoms. The van der Waals surface area contributed by atoms with Crippen molar-refractivity contribution in [2.24, 2.45) is 7.05 Å². The Labute approximate surface area is 69.4 Å². The molecule has 12 heavy (non-hydrogen) atoms. The first-order valence-electron chi connectivity index (χ1n) is 3.59. The van der Waals surface area contributed by atoms with E-state index >= 15 is 0 Å². The van der Waals surface area contributed by atoms with Gasteiger partial charge in [0.1, 0.15) is 11.9 Å². The van der Waals surface area contributed by atoms with Crippen LogP contribution in [0.1, 0.15) is 11.9 Å². The van der Waals surface area contributed by atoms with Crippen molar-refractivity contribution in [3.05, 3.63) is 18.2 Å². The molecule has 0 aliphatic carbocycles. The molecular formula is C7H11F2N3. The minimum Gasteiger partial charge on any atom is -0.337 e. The van der Waals surface area contributed by atoms with Crippen molar-refractivity contribution >= 4 is 0 Å². The first kappa shape index (κ1) is 9.12. The Morgan fingerprint density at radius 1 is 1.58 bits per heavy atom. The molecule has 3 nitrogen and oxygen atoms in total. The maximum absolute atomic E-state index is 12.3. The van der Waals surface area contributed by atoms with Crippen LogP contribution in [0.3, 0.4) is 0 Å². The third-order valence-corrected chi connectivity index (χ3v) is 1.70. The van der Waals surface area contributed by atoms with Crippen LogP contribution in [-0.2, 0) is 7.05 Å². The van der Waals surface area contributed by atoms with E-state index in [9.17, 15) is 8.78 Å². The van der Waals surface area contributed by atoms with Crippen molar-refractivity contribution in [2.45, 2.75) is 12.5 Å². The second kappa shape index (κ2) is 3.62. The third kappa shape index (κ3) is 1.61. The van der Waals surface area contributed by atoms with Gasteiger partial charge in [-0.15, -0.1) is 0 Å². The second-order valence-corrected chi connectivity index (χ2v) is 2.50. The molecule has 0 aromatic carbocycles. The van der Waals surface area contributed by atoms with Crippen molar-refractivity contribution in [2.75, 3.05) is 7.05 Å². The summed E-state index contributed by atoms with van der Waals surface area (Å²) in [6.45, 7) is 0. The van der Waals surface area contributed by atoms with E-state index in [1.807, 2.05) is 0 Å². The van der Waals surface area contributed by atoms with Crippen LogP contribution in [0.25, 0.3) is 0 Å². The van der Waals surface area contributed by atoms with Crippen LogP contribution >= 0.6 is 0 Å². The van der Waals surface area contributed by atoms with Gasteiger partial charge >= 0.3 is 0 Å². The van der Waals surface area contributed by atoms with Gasteiger partial charge in [-0.05, 0) is 7.05 Å². The number of aryl methyl sites for hydroxylation is 1. The van der Waals surface area contributed by atoms with Gasteiger partial charge < -0.3 is 9.88 Å². The molecule has 1 heterocycles. The summed E-state index contributed by atoms with van der Waals surface area (Å²) in [5.41, 5.74) is 0. The smallest absolute Gasteiger partial charge is 0.260 e. The zero-order valence-electron chi connectivity index (χ0n) is 6.96. The number of nitrogens with one attached hydrogen (secondary N) is 1. The Balaban J connectivity index is 2.87. The van der Waals surface area contributed by atoms with E-state index in [1.54, 1.807) is 17.8 Å². The zero-order chi connectivity index (χ0) is 9.14. The van der Waals surface area contributed by atoms with Crippen molar-refractivity contribution in [3.8, 4) is 0 Å². The summed E-state index contributed by atoms with van der Waals surface area (Å²) in [5, 5.41) is 2.51.